The second kappa shape index (κ2) is 5.82. The topological polar surface area (TPSA) is 42.1 Å². The van der Waals surface area contributed by atoms with Crippen LogP contribution in [-0.4, -0.2) is 17.0 Å². The summed E-state index contributed by atoms with van der Waals surface area (Å²) in [5.74, 6) is 1.02. The van der Waals surface area contributed by atoms with Gasteiger partial charge in [0.2, 0.25) is 0 Å². The standard InChI is InChI=1S/C17H19N3S/c1-20(11-12-4-2-6-14(10-12)17(18)21)16-9-8-13-5-3-7-15(13)19-16/h2,4,6,8-10H,3,5,7,11H2,1H3,(H2,18,21). The molecular weight excluding hydrogens is 278 g/mol. The molecule has 0 saturated heterocycles. The van der Waals surface area contributed by atoms with E-state index >= 15 is 0 Å². The summed E-state index contributed by atoms with van der Waals surface area (Å²) in [6.45, 7) is 0.794. The average Bonchev–Trinajstić information content (AvgIpc) is 2.94. The Balaban J connectivity index is 1.78. The fraction of sp³-hybridized carbons (Fsp3) is 0.294. The molecule has 0 spiro atoms. The number of fused-ring (bicyclic) bond motifs is 1. The van der Waals surface area contributed by atoms with Crippen LogP contribution in [0, 0.1) is 0 Å². The number of nitrogens with zero attached hydrogens (tertiary/aromatic N) is 2. The number of pyridine rings is 1. The number of anilines is 1. The molecule has 1 aromatic heterocycles. The zero-order valence-corrected chi connectivity index (χ0v) is 13.0. The van der Waals surface area contributed by atoms with Gasteiger partial charge in [0.15, 0.2) is 0 Å². The Bertz CT molecular complexity index is 681. The highest BCUT2D eigenvalue weighted by atomic mass is 32.1. The predicted molar refractivity (Wildman–Crippen MR) is 90.7 cm³/mol. The molecule has 0 unspecified atom stereocenters. The Labute approximate surface area is 130 Å². The van der Waals surface area contributed by atoms with Gasteiger partial charge in [-0.15, -0.1) is 0 Å². The third-order valence-corrected chi connectivity index (χ3v) is 4.17. The maximum absolute atomic E-state index is 5.69. The molecule has 0 aliphatic heterocycles. The largest absolute Gasteiger partial charge is 0.389 e. The van der Waals surface area contributed by atoms with Gasteiger partial charge in [-0.1, -0.05) is 36.5 Å². The lowest BCUT2D eigenvalue weighted by Gasteiger charge is -2.19. The molecule has 0 atom stereocenters. The van der Waals surface area contributed by atoms with Crippen molar-refractivity contribution in [1.82, 2.24) is 4.98 Å². The Morgan fingerprint density at radius 1 is 1.29 bits per heavy atom. The van der Waals surface area contributed by atoms with Crippen molar-refractivity contribution in [3.63, 3.8) is 0 Å². The van der Waals surface area contributed by atoms with Crippen LogP contribution in [0.5, 0.6) is 0 Å². The third kappa shape index (κ3) is 3.05. The number of thiocarbonyl (C=S) groups is 1. The summed E-state index contributed by atoms with van der Waals surface area (Å²) in [7, 11) is 2.07. The lowest BCUT2D eigenvalue weighted by molar-refractivity contribution is 0.873. The number of benzene rings is 1. The molecule has 4 heteroatoms. The molecule has 21 heavy (non-hydrogen) atoms. The van der Waals surface area contributed by atoms with Gasteiger partial charge < -0.3 is 10.6 Å². The fourth-order valence-electron chi connectivity index (χ4n) is 2.80. The van der Waals surface area contributed by atoms with E-state index in [4.69, 9.17) is 22.9 Å². The monoisotopic (exact) mass is 297 g/mol. The highest BCUT2D eigenvalue weighted by Crippen LogP contribution is 2.23. The van der Waals surface area contributed by atoms with Gasteiger partial charge in [-0.05, 0) is 42.5 Å². The summed E-state index contributed by atoms with van der Waals surface area (Å²) in [6, 6.07) is 12.4. The summed E-state index contributed by atoms with van der Waals surface area (Å²) in [5.41, 5.74) is 10.5. The number of aromatic nitrogens is 1. The Kier molecular flexibility index (Phi) is 3.88. The van der Waals surface area contributed by atoms with E-state index in [9.17, 15) is 0 Å². The van der Waals surface area contributed by atoms with E-state index in [2.05, 4.69) is 30.1 Å². The lowest BCUT2D eigenvalue weighted by Crippen LogP contribution is -2.19. The highest BCUT2D eigenvalue weighted by molar-refractivity contribution is 7.80. The summed E-state index contributed by atoms with van der Waals surface area (Å²) < 4.78 is 0. The van der Waals surface area contributed by atoms with Crippen molar-refractivity contribution >= 4 is 23.0 Å². The molecule has 1 aromatic carbocycles. The van der Waals surface area contributed by atoms with Crippen molar-refractivity contribution in [2.45, 2.75) is 25.8 Å². The second-order valence-electron chi connectivity index (χ2n) is 5.55. The van der Waals surface area contributed by atoms with E-state index in [1.54, 1.807) is 0 Å². The summed E-state index contributed by atoms with van der Waals surface area (Å²) in [6.07, 6.45) is 3.50. The number of nitrogens with two attached hydrogens (primary N) is 1. The van der Waals surface area contributed by atoms with E-state index in [1.165, 1.54) is 29.7 Å². The van der Waals surface area contributed by atoms with Crippen LogP contribution in [0.3, 0.4) is 0 Å². The van der Waals surface area contributed by atoms with Gasteiger partial charge in [0, 0.05) is 24.8 Å². The van der Waals surface area contributed by atoms with Crippen molar-refractivity contribution in [1.29, 1.82) is 0 Å². The number of hydrogen-bond acceptors (Lipinski definition) is 3. The minimum absolute atomic E-state index is 0.440. The van der Waals surface area contributed by atoms with Crippen LogP contribution in [0.25, 0.3) is 0 Å². The fourth-order valence-corrected chi connectivity index (χ4v) is 2.93. The van der Waals surface area contributed by atoms with Crippen LogP contribution in [0.2, 0.25) is 0 Å². The zero-order valence-electron chi connectivity index (χ0n) is 12.2. The van der Waals surface area contributed by atoms with Gasteiger partial charge >= 0.3 is 0 Å². The number of hydrogen-bond donors (Lipinski definition) is 1. The molecule has 0 amide bonds. The van der Waals surface area contributed by atoms with Crippen LogP contribution in [0.1, 0.15) is 28.8 Å². The van der Waals surface area contributed by atoms with E-state index in [-0.39, 0.29) is 0 Å². The van der Waals surface area contributed by atoms with Gasteiger partial charge in [-0.3, -0.25) is 0 Å². The summed E-state index contributed by atoms with van der Waals surface area (Å²) >= 11 is 5.03. The van der Waals surface area contributed by atoms with Crippen LogP contribution in [0.4, 0.5) is 5.82 Å². The average molecular weight is 297 g/mol. The second-order valence-corrected chi connectivity index (χ2v) is 5.99. The highest BCUT2D eigenvalue weighted by Gasteiger charge is 2.14. The SMILES string of the molecule is CN(Cc1cccc(C(N)=S)c1)c1ccc2c(n1)CCC2. The van der Waals surface area contributed by atoms with E-state index in [0.717, 1.165) is 24.3 Å². The lowest BCUT2D eigenvalue weighted by atomic mass is 10.1. The molecule has 1 aliphatic carbocycles. The quantitative estimate of drug-likeness (QED) is 0.881. The van der Waals surface area contributed by atoms with Crippen molar-refractivity contribution in [3.8, 4) is 0 Å². The predicted octanol–water partition coefficient (Wildman–Crippen LogP) is 2.84. The van der Waals surface area contributed by atoms with Crippen molar-refractivity contribution < 1.29 is 0 Å². The summed E-state index contributed by atoms with van der Waals surface area (Å²) in [5, 5.41) is 0. The van der Waals surface area contributed by atoms with E-state index in [1.807, 2.05) is 18.2 Å². The Morgan fingerprint density at radius 3 is 2.95 bits per heavy atom. The van der Waals surface area contributed by atoms with E-state index in [0.29, 0.717) is 4.99 Å². The number of rotatable bonds is 4. The molecule has 0 fully saturated rings. The molecule has 0 saturated carbocycles. The first-order chi connectivity index (χ1) is 10.1. The molecule has 3 nitrogen and oxygen atoms in total. The Hall–Kier alpha value is -1.94. The smallest absolute Gasteiger partial charge is 0.128 e. The third-order valence-electron chi connectivity index (χ3n) is 3.94. The molecule has 2 aromatic rings. The minimum Gasteiger partial charge on any atom is -0.389 e. The van der Waals surface area contributed by atoms with Gasteiger partial charge in [0.05, 0.1) is 0 Å². The van der Waals surface area contributed by atoms with Crippen LogP contribution in [-0.2, 0) is 19.4 Å². The summed E-state index contributed by atoms with van der Waals surface area (Å²) in [4.78, 5) is 7.39. The maximum Gasteiger partial charge on any atom is 0.128 e. The van der Waals surface area contributed by atoms with Crippen molar-refractivity contribution in [3.05, 3.63) is 58.8 Å². The van der Waals surface area contributed by atoms with Crippen molar-refractivity contribution in [2.24, 2.45) is 5.73 Å². The molecule has 0 radical (unpaired) electrons. The molecule has 108 valence electrons. The maximum atomic E-state index is 5.69. The number of aryl methyl sites for hydroxylation is 2. The normalized spacial score (nSPS) is 13.0. The first-order valence-corrected chi connectivity index (χ1v) is 7.63. The van der Waals surface area contributed by atoms with Gasteiger partial charge in [-0.2, -0.15) is 0 Å². The molecular formula is C17H19N3S. The zero-order chi connectivity index (χ0) is 14.8. The van der Waals surface area contributed by atoms with Gasteiger partial charge in [0.1, 0.15) is 10.8 Å². The van der Waals surface area contributed by atoms with Crippen LogP contribution in [0.15, 0.2) is 36.4 Å². The van der Waals surface area contributed by atoms with Crippen molar-refractivity contribution in [2.75, 3.05) is 11.9 Å². The van der Waals surface area contributed by atoms with Gasteiger partial charge in [0.25, 0.3) is 0 Å². The first-order valence-electron chi connectivity index (χ1n) is 7.22. The van der Waals surface area contributed by atoms with Gasteiger partial charge in [-0.25, -0.2) is 4.98 Å². The molecule has 0 bridgehead atoms. The van der Waals surface area contributed by atoms with Crippen LogP contribution >= 0.6 is 12.2 Å². The molecule has 3 rings (SSSR count). The first kappa shape index (κ1) is 14.0. The Morgan fingerprint density at radius 2 is 2.14 bits per heavy atom. The van der Waals surface area contributed by atoms with E-state index < -0.39 is 0 Å². The molecule has 2 N–H and O–H groups in total. The minimum atomic E-state index is 0.440. The molecule has 1 heterocycles. The van der Waals surface area contributed by atoms with Crippen LogP contribution < -0.4 is 10.6 Å². The molecule has 1 aliphatic rings.